The molecule has 26 heavy (non-hydrogen) atoms. The number of nitrogens with two attached hydrogens (primary N) is 1. The van der Waals surface area contributed by atoms with Gasteiger partial charge < -0.3 is 19.8 Å². The molecule has 1 aliphatic rings. The zero-order chi connectivity index (χ0) is 18.3. The second-order valence-electron chi connectivity index (χ2n) is 6.52. The highest BCUT2D eigenvalue weighted by molar-refractivity contribution is 5.94. The highest BCUT2D eigenvalue weighted by Gasteiger charge is 2.40. The van der Waals surface area contributed by atoms with Crippen LogP contribution in [0, 0.1) is 0 Å². The zero-order valence-electron chi connectivity index (χ0n) is 14.1. The van der Waals surface area contributed by atoms with Gasteiger partial charge in [0.15, 0.2) is 11.5 Å². The molecular formula is C18H18N4O4. The summed E-state index contributed by atoms with van der Waals surface area (Å²) in [5.41, 5.74) is 7.22. The third kappa shape index (κ3) is 2.78. The maximum absolute atomic E-state index is 11.8. The van der Waals surface area contributed by atoms with E-state index in [1.54, 1.807) is 6.92 Å². The van der Waals surface area contributed by atoms with Crippen molar-refractivity contribution < 1.29 is 18.8 Å². The number of aliphatic hydroxyl groups excluding tert-OH is 1. The average molecular weight is 354 g/mol. The highest BCUT2D eigenvalue weighted by Crippen LogP contribution is 2.50. The Hall–Kier alpha value is -3.00. The monoisotopic (exact) mass is 354 g/mol. The molecule has 0 unspecified atom stereocenters. The second-order valence-corrected chi connectivity index (χ2v) is 6.52. The number of hydrogen-bond acceptors (Lipinski definition) is 7. The lowest BCUT2D eigenvalue weighted by Gasteiger charge is -2.33. The molecule has 1 fully saturated rings. The number of hydrogen-bond donors (Lipinski definition) is 2. The molecule has 134 valence electrons. The van der Waals surface area contributed by atoms with Gasteiger partial charge in [0.25, 0.3) is 5.91 Å². The van der Waals surface area contributed by atoms with Gasteiger partial charge in [-0.1, -0.05) is 35.5 Å². The summed E-state index contributed by atoms with van der Waals surface area (Å²) in [5.74, 6) is 0.790. The van der Waals surface area contributed by atoms with Crippen LogP contribution in [0.25, 0.3) is 11.3 Å². The lowest BCUT2D eigenvalue weighted by atomic mass is 9.70. The molecule has 8 heteroatoms. The van der Waals surface area contributed by atoms with Crippen LogP contribution in [0.3, 0.4) is 0 Å². The molecule has 0 radical (unpaired) electrons. The maximum Gasteiger partial charge on any atom is 0.271 e. The van der Waals surface area contributed by atoms with E-state index in [9.17, 15) is 9.90 Å². The summed E-state index contributed by atoms with van der Waals surface area (Å²) < 4.78 is 10.9. The van der Waals surface area contributed by atoms with Gasteiger partial charge in [-0.05, 0) is 25.7 Å². The van der Waals surface area contributed by atoms with Crippen LogP contribution in [0.1, 0.15) is 65.5 Å². The summed E-state index contributed by atoms with van der Waals surface area (Å²) in [5, 5.41) is 21.2. The molecule has 1 atom stereocenters. The van der Waals surface area contributed by atoms with Crippen LogP contribution in [0.15, 0.2) is 39.3 Å². The molecular weight excluding hydrogens is 336 g/mol. The van der Waals surface area contributed by atoms with Crippen molar-refractivity contribution in [1.29, 1.82) is 0 Å². The molecule has 1 amide bonds. The fraction of sp³-hybridized carbons (Fsp3) is 0.333. The normalized spacial score (nSPS) is 20.5. The minimum absolute atomic E-state index is 0.0610. The SMILES string of the molecule is C[C@H](O)c1nnc(C2CC(c3c(C(N)=O)noc3-c3ccccc3)C2)o1. The van der Waals surface area contributed by atoms with Crippen molar-refractivity contribution in [2.24, 2.45) is 5.73 Å². The molecule has 0 spiro atoms. The molecule has 4 rings (SSSR count). The van der Waals surface area contributed by atoms with Gasteiger partial charge >= 0.3 is 0 Å². The fourth-order valence-corrected chi connectivity index (χ4v) is 3.29. The Balaban J connectivity index is 1.60. The molecule has 8 nitrogen and oxygen atoms in total. The Morgan fingerprint density at radius 1 is 1.23 bits per heavy atom. The van der Waals surface area contributed by atoms with Crippen molar-refractivity contribution in [2.45, 2.75) is 37.7 Å². The van der Waals surface area contributed by atoms with Crippen LogP contribution < -0.4 is 5.73 Å². The van der Waals surface area contributed by atoms with E-state index in [1.807, 2.05) is 30.3 Å². The van der Waals surface area contributed by atoms with Gasteiger partial charge in [-0.25, -0.2) is 0 Å². The molecule has 3 aromatic rings. The van der Waals surface area contributed by atoms with Crippen molar-refractivity contribution in [2.75, 3.05) is 0 Å². The first-order chi connectivity index (χ1) is 12.5. The van der Waals surface area contributed by atoms with Crippen molar-refractivity contribution in [3.05, 3.63) is 53.4 Å². The van der Waals surface area contributed by atoms with Crippen LogP contribution in [0.5, 0.6) is 0 Å². The van der Waals surface area contributed by atoms with Crippen molar-refractivity contribution >= 4 is 5.91 Å². The molecule has 1 aliphatic carbocycles. The molecule has 2 aromatic heterocycles. The Morgan fingerprint density at radius 2 is 1.96 bits per heavy atom. The first-order valence-electron chi connectivity index (χ1n) is 8.40. The Kier molecular flexibility index (Phi) is 4.04. The number of amides is 1. The van der Waals surface area contributed by atoms with Gasteiger partial charge in [0.1, 0.15) is 6.10 Å². The van der Waals surface area contributed by atoms with E-state index in [0.29, 0.717) is 24.5 Å². The minimum atomic E-state index is -0.795. The summed E-state index contributed by atoms with van der Waals surface area (Å²) >= 11 is 0. The van der Waals surface area contributed by atoms with E-state index in [1.165, 1.54) is 0 Å². The van der Waals surface area contributed by atoms with Crippen LogP contribution >= 0.6 is 0 Å². The van der Waals surface area contributed by atoms with Crippen LogP contribution in [-0.2, 0) is 0 Å². The lowest BCUT2D eigenvalue weighted by molar-refractivity contribution is 0.0989. The number of benzene rings is 1. The molecule has 2 heterocycles. The Labute approximate surface area is 149 Å². The largest absolute Gasteiger partial charge is 0.422 e. The van der Waals surface area contributed by atoms with Gasteiger partial charge in [-0.3, -0.25) is 4.79 Å². The van der Waals surface area contributed by atoms with Gasteiger partial charge in [-0.15, -0.1) is 10.2 Å². The van der Waals surface area contributed by atoms with Crippen molar-refractivity contribution in [3.8, 4) is 11.3 Å². The van der Waals surface area contributed by atoms with E-state index >= 15 is 0 Å². The summed E-state index contributed by atoms with van der Waals surface area (Å²) in [6.07, 6.45) is 0.627. The van der Waals surface area contributed by atoms with Gasteiger partial charge in [0.2, 0.25) is 11.8 Å². The highest BCUT2D eigenvalue weighted by atomic mass is 16.5. The van der Waals surface area contributed by atoms with E-state index in [-0.39, 0.29) is 23.4 Å². The first-order valence-corrected chi connectivity index (χ1v) is 8.40. The topological polar surface area (TPSA) is 128 Å². The van der Waals surface area contributed by atoms with Gasteiger partial charge in [0.05, 0.1) is 0 Å². The van der Waals surface area contributed by atoms with Gasteiger partial charge in [-0.2, -0.15) is 0 Å². The van der Waals surface area contributed by atoms with E-state index in [0.717, 1.165) is 11.1 Å². The van der Waals surface area contributed by atoms with Crippen LogP contribution in [0.2, 0.25) is 0 Å². The Bertz CT molecular complexity index is 926. The maximum atomic E-state index is 11.8. The number of aromatic nitrogens is 3. The third-order valence-electron chi connectivity index (χ3n) is 4.71. The summed E-state index contributed by atoms with van der Waals surface area (Å²) in [6, 6.07) is 9.50. The average Bonchev–Trinajstić information content (AvgIpc) is 3.22. The molecule has 3 N–H and O–H groups in total. The molecule has 1 aromatic carbocycles. The second kappa shape index (κ2) is 6.38. The first kappa shape index (κ1) is 16.5. The number of aliphatic hydroxyl groups is 1. The number of carbonyl (C=O) groups excluding carboxylic acids is 1. The zero-order valence-corrected chi connectivity index (χ0v) is 14.1. The summed E-state index contributed by atoms with van der Waals surface area (Å²) in [6.45, 7) is 1.57. The number of nitrogens with zero attached hydrogens (tertiary/aromatic N) is 3. The third-order valence-corrected chi connectivity index (χ3v) is 4.71. The van der Waals surface area contributed by atoms with E-state index in [4.69, 9.17) is 14.7 Å². The quantitative estimate of drug-likeness (QED) is 0.720. The fourth-order valence-electron chi connectivity index (χ4n) is 3.29. The number of primary amides is 1. The summed E-state index contributed by atoms with van der Waals surface area (Å²) in [4.78, 5) is 11.8. The number of rotatable bonds is 5. The van der Waals surface area contributed by atoms with Gasteiger partial charge in [0, 0.05) is 17.0 Å². The van der Waals surface area contributed by atoms with E-state index < -0.39 is 12.0 Å². The summed E-state index contributed by atoms with van der Waals surface area (Å²) in [7, 11) is 0. The van der Waals surface area contributed by atoms with Crippen molar-refractivity contribution in [3.63, 3.8) is 0 Å². The van der Waals surface area contributed by atoms with Crippen molar-refractivity contribution in [1.82, 2.24) is 15.4 Å². The molecule has 0 bridgehead atoms. The standard InChI is InChI=1S/C18H18N4O4/c1-9(23)17-20-21-18(25-17)12-7-11(8-12)13-14(16(19)24)22-26-15(13)10-5-3-2-4-6-10/h2-6,9,11-12,23H,7-8H2,1H3,(H2,19,24)/t9-,11?,12?/m0/s1. The number of carbonyl (C=O) groups is 1. The molecule has 0 aliphatic heterocycles. The van der Waals surface area contributed by atoms with E-state index in [2.05, 4.69) is 15.4 Å². The predicted molar refractivity (Wildman–Crippen MR) is 90.1 cm³/mol. The van der Waals surface area contributed by atoms with Crippen LogP contribution in [-0.4, -0.2) is 26.4 Å². The van der Waals surface area contributed by atoms with Crippen LogP contribution in [0.4, 0.5) is 0 Å². The molecule has 0 saturated heterocycles. The predicted octanol–water partition coefficient (Wildman–Crippen LogP) is 2.54. The lowest BCUT2D eigenvalue weighted by Crippen LogP contribution is -2.24. The molecule has 1 saturated carbocycles. The smallest absolute Gasteiger partial charge is 0.271 e. The minimum Gasteiger partial charge on any atom is -0.422 e. The Morgan fingerprint density at radius 3 is 2.58 bits per heavy atom.